The number of hydrogen-bond acceptors (Lipinski definition) is 3. The van der Waals surface area contributed by atoms with Gasteiger partial charge in [0.25, 0.3) is 0 Å². The maximum atomic E-state index is 10.4. The zero-order chi connectivity index (χ0) is 12.4. The first-order valence-electron chi connectivity index (χ1n) is 5.12. The van der Waals surface area contributed by atoms with Crippen LogP contribution in [0.15, 0.2) is 43.0 Å². The van der Waals surface area contributed by atoms with E-state index in [1.807, 2.05) is 37.4 Å². The zero-order valence-corrected chi connectivity index (χ0v) is 9.79. The molecule has 0 bridgehead atoms. The van der Waals surface area contributed by atoms with Crippen LogP contribution in [0.2, 0.25) is 0 Å². The predicted molar refractivity (Wildman–Crippen MR) is 69.2 cm³/mol. The maximum Gasteiger partial charge on any atom is 0.180 e. The summed E-state index contributed by atoms with van der Waals surface area (Å²) in [7, 11) is 1.91. The van der Waals surface area contributed by atoms with Gasteiger partial charge in [0.05, 0.1) is 5.71 Å². The minimum atomic E-state index is -0.153. The Morgan fingerprint density at radius 1 is 1.44 bits per heavy atom. The molecule has 0 aliphatic rings. The van der Waals surface area contributed by atoms with Gasteiger partial charge >= 0.3 is 0 Å². The van der Waals surface area contributed by atoms with Gasteiger partial charge in [-0.25, -0.2) is 0 Å². The number of carbonyl (C=O) groups excluding carboxylic acids is 1. The normalized spacial score (nSPS) is 8.38. The van der Waals surface area contributed by atoms with Crippen molar-refractivity contribution in [1.82, 2.24) is 0 Å². The summed E-state index contributed by atoms with van der Waals surface area (Å²) in [6.45, 7) is 5.01. The number of hydrogen-bond donors (Lipinski definition) is 2. The maximum absolute atomic E-state index is 10.4. The van der Waals surface area contributed by atoms with Gasteiger partial charge in [-0.3, -0.25) is 10.2 Å². The molecule has 0 saturated carbocycles. The Balaban J connectivity index is 0.000000281. The Morgan fingerprint density at radius 3 is 2.25 bits per heavy atom. The van der Waals surface area contributed by atoms with Crippen molar-refractivity contribution < 1.29 is 4.79 Å². The number of Topliss-reactive ketones (excluding diaryl/α,β-unsaturated/α-hetero) is 1. The van der Waals surface area contributed by atoms with Gasteiger partial charge in [-0.2, -0.15) is 0 Å². The molecular weight excluding hydrogens is 200 g/mol. The van der Waals surface area contributed by atoms with Crippen LogP contribution in [0, 0.1) is 5.41 Å². The molecule has 0 amide bonds. The van der Waals surface area contributed by atoms with Gasteiger partial charge in [0, 0.05) is 19.2 Å². The van der Waals surface area contributed by atoms with Crippen LogP contribution < -0.4 is 5.32 Å². The van der Waals surface area contributed by atoms with Crippen molar-refractivity contribution >= 4 is 17.2 Å². The van der Waals surface area contributed by atoms with Crippen molar-refractivity contribution in [2.45, 2.75) is 13.3 Å². The van der Waals surface area contributed by atoms with E-state index in [4.69, 9.17) is 5.41 Å². The molecule has 3 heteroatoms. The fourth-order valence-electron chi connectivity index (χ4n) is 0.909. The Labute approximate surface area is 96.7 Å². The lowest BCUT2D eigenvalue weighted by Gasteiger charge is -1.94. The molecule has 1 aromatic rings. The third-order valence-corrected chi connectivity index (χ3v) is 1.89. The summed E-state index contributed by atoms with van der Waals surface area (Å²) >= 11 is 0. The molecular formula is C13H18N2O. The summed E-state index contributed by atoms with van der Waals surface area (Å²) in [6, 6.07) is 10.1. The van der Waals surface area contributed by atoms with Crippen molar-refractivity contribution in [2.24, 2.45) is 0 Å². The molecule has 1 aromatic carbocycles. The van der Waals surface area contributed by atoms with Crippen LogP contribution in [0.3, 0.4) is 0 Å². The molecule has 1 rings (SSSR count). The lowest BCUT2D eigenvalue weighted by molar-refractivity contribution is -0.112. The van der Waals surface area contributed by atoms with E-state index in [1.54, 1.807) is 6.92 Å². The third-order valence-electron chi connectivity index (χ3n) is 1.89. The molecule has 0 unspecified atom stereocenters. The molecule has 0 spiro atoms. The fourth-order valence-corrected chi connectivity index (χ4v) is 0.909. The molecule has 0 atom stereocenters. The number of para-hydroxylation sites is 1. The number of carbonyl (C=O) groups is 1. The van der Waals surface area contributed by atoms with Crippen molar-refractivity contribution in [3.63, 3.8) is 0 Å². The molecule has 16 heavy (non-hydrogen) atoms. The van der Waals surface area contributed by atoms with E-state index < -0.39 is 0 Å². The lowest BCUT2D eigenvalue weighted by Crippen LogP contribution is -2.06. The van der Waals surface area contributed by atoms with Crippen molar-refractivity contribution in [3.05, 3.63) is 43.0 Å². The Kier molecular flexibility index (Phi) is 7.41. The molecule has 3 nitrogen and oxygen atoms in total. The van der Waals surface area contributed by atoms with Crippen LogP contribution in [-0.2, 0) is 4.79 Å². The number of nitrogens with one attached hydrogen (secondary N) is 2. The van der Waals surface area contributed by atoms with E-state index in [-0.39, 0.29) is 11.5 Å². The zero-order valence-electron chi connectivity index (χ0n) is 9.79. The van der Waals surface area contributed by atoms with Gasteiger partial charge in [0.2, 0.25) is 0 Å². The molecule has 2 N–H and O–H groups in total. The minimum Gasteiger partial charge on any atom is -0.388 e. The van der Waals surface area contributed by atoms with Crippen LogP contribution in [0.4, 0.5) is 5.69 Å². The quantitative estimate of drug-likeness (QED) is 0.763. The highest BCUT2D eigenvalue weighted by molar-refractivity contribution is 6.42. The summed E-state index contributed by atoms with van der Waals surface area (Å²) in [5.41, 5.74) is 1.17. The van der Waals surface area contributed by atoms with Crippen LogP contribution in [0.5, 0.6) is 0 Å². The van der Waals surface area contributed by atoms with E-state index in [9.17, 15) is 4.79 Å². The largest absolute Gasteiger partial charge is 0.388 e. The van der Waals surface area contributed by atoms with Crippen molar-refractivity contribution in [2.75, 3.05) is 12.4 Å². The molecule has 0 radical (unpaired) electrons. The minimum absolute atomic E-state index is 0.00694. The van der Waals surface area contributed by atoms with Crippen LogP contribution in [0.25, 0.3) is 0 Å². The smallest absolute Gasteiger partial charge is 0.180 e. The van der Waals surface area contributed by atoms with Gasteiger partial charge in [-0.1, -0.05) is 31.7 Å². The molecule has 0 aliphatic carbocycles. The second kappa shape index (κ2) is 8.41. The first-order valence-corrected chi connectivity index (χ1v) is 5.12. The van der Waals surface area contributed by atoms with E-state index in [2.05, 4.69) is 11.9 Å². The molecule has 86 valence electrons. The standard InChI is InChI=1S/C7H9N.C6H9NO/c1-8-7-5-3-2-4-6-7;1-3-5(7)6(8)4-2/h2-6,8H,1H3;3,7H,1,4H2,2H3. The van der Waals surface area contributed by atoms with E-state index in [0.717, 1.165) is 5.69 Å². The number of anilines is 1. The SMILES string of the molecule is C=CC(=N)C(=O)CC.CNc1ccccc1. The first kappa shape index (κ1) is 14.1. The second-order valence-electron chi connectivity index (χ2n) is 3.01. The molecule has 0 fully saturated rings. The predicted octanol–water partition coefficient (Wildman–Crippen LogP) is 2.90. The summed E-state index contributed by atoms with van der Waals surface area (Å²) < 4.78 is 0. The average molecular weight is 218 g/mol. The van der Waals surface area contributed by atoms with E-state index in [1.165, 1.54) is 6.08 Å². The second-order valence-corrected chi connectivity index (χ2v) is 3.01. The van der Waals surface area contributed by atoms with Gasteiger partial charge in [0.15, 0.2) is 5.78 Å². The first-order chi connectivity index (χ1) is 7.65. The summed E-state index contributed by atoms with van der Waals surface area (Å²) in [5.74, 6) is -0.153. The third kappa shape index (κ3) is 5.75. The van der Waals surface area contributed by atoms with Crippen LogP contribution in [-0.4, -0.2) is 18.5 Å². The lowest BCUT2D eigenvalue weighted by atomic mass is 10.2. The van der Waals surface area contributed by atoms with Gasteiger partial charge in [0.1, 0.15) is 0 Å². The number of ketones is 1. The average Bonchev–Trinajstić information content (AvgIpc) is 2.38. The molecule has 0 heterocycles. The van der Waals surface area contributed by atoms with Crippen LogP contribution in [0.1, 0.15) is 13.3 Å². The fraction of sp³-hybridized carbons (Fsp3) is 0.231. The highest BCUT2D eigenvalue weighted by Crippen LogP contribution is 2.01. The topological polar surface area (TPSA) is 53.0 Å². The van der Waals surface area contributed by atoms with E-state index in [0.29, 0.717) is 6.42 Å². The number of rotatable bonds is 4. The molecule has 0 aliphatic heterocycles. The Hall–Kier alpha value is -1.90. The Morgan fingerprint density at radius 2 is 2.00 bits per heavy atom. The molecule has 0 aromatic heterocycles. The monoisotopic (exact) mass is 218 g/mol. The summed E-state index contributed by atoms with van der Waals surface area (Å²) in [5, 5.41) is 9.90. The number of allylic oxidation sites excluding steroid dienone is 1. The summed E-state index contributed by atoms with van der Waals surface area (Å²) in [4.78, 5) is 10.4. The van der Waals surface area contributed by atoms with E-state index >= 15 is 0 Å². The van der Waals surface area contributed by atoms with Crippen molar-refractivity contribution in [1.29, 1.82) is 5.41 Å². The van der Waals surface area contributed by atoms with Crippen LogP contribution >= 0.6 is 0 Å². The highest BCUT2D eigenvalue weighted by atomic mass is 16.1. The molecule has 0 saturated heterocycles. The van der Waals surface area contributed by atoms with Gasteiger partial charge in [-0.05, 0) is 18.2 Å². The summed E-state index contributed by atoms with van der Waals surface area (Å²) in [6.07, 6.45) is 1.65. The highest BCUT2D eigenvalue weighted by Gasteiger charge is 1.98. The Bertz CT molecular complexity index is 344. The van der Waals surface area contributed by atoms with Gasteiger partial charge < -0.3 is 5.32 Å². The van der Waals surface area contributed by atoms with Gasteiger partial charge in [-0.15, -0.1) is 0 Å². The number of benzene rings is 1. The van der Waals surface area contributed by atoms with Crippen molar-refractivity contribution in [3.8, 4) is 0 Å².